The highest BCUT2D eigenvalue weighted by molar-refractivity contribution is 5.94. The van der Waals surface area contributed by atoms with Crippen molar-refractivity contribution in [1.82, 2.24) is 0 Å². The zero-order chi connectivity index (χ0) is 17.0. The maximum absolute atomic E-state index is 12.2. The number of ether oxygens (including phenoxy) is 1. The summed E-state index contributed by atoms with van der Waals surface area (Å²) in [7, 11) is 0. The zero-order valence-electron chi connectivity index (χ0n) is 14.7. The SMILES string of the molecule is CC(=O)N1c2ccc(N3C[C@H]4CC[C@@H](C3)O4)cc2[C@H](N)[C@@H](C)[C@@H]1C. The van der Waals surface area contributed by atoms with E-state index in [0.717, 1.165) is 37.2 Å². The summed E-state index contributed by atoms with van der Waals surface area (Å²) < 4.78 is 5.94. The monoisotopic (exact) mass is 329 g/mol. The van der Waals surface area contributed by atoms with Crippen molar-refractivity contribution < 1.29 is 9.53 Å². The van der Waals surface area contributed by atoms with Crippen LogP contribution >= 0.6 is 0 Å². The smallest absolute Gasteiger partial charge is 0.224 e. The standard InChI is InChI=1S/C19H27N3O2/c1-11-12(2)22(13(3)23)18-7-4-14(8-17(18)19(11)20)21-9-15-5-6-16(10-21)24-15/h4,7-8,11-12,15-16,19H,5-6,9-10,20H2,1-3H3/t11-,12-,15-,16+,19+/m0/s1. The fourth-order valence-corrected chi connectivity index (χ4v) is 4.54. The summed E-state index contributed by atoms with van der Waals surface area (Å²) in [4.78, 5) is 16.5. The maximum Gasteiger partial charge on any atom is 0.224 e. The van der Waals surface area contributed by atoms with Crippen LogP contribution in [0.15, 0.2) is 18.2 Å². The first-order valence-electron chi connectivity index (χ1n) is 9.05. The molecule has 0 aliphatic carbocycles. The summed E-state index contributed by atoms with van der Waals surface area (Å²) in [6, 6.07) is 6.49. The van der Waals surface area contributed by atoms with Gasteiger partial charge in [0.2, 0.25) is 5.91 Å². The number of morpholine rings is 1. The number of rotatable bonds is 1. The van der Waals surface area contributed by atoms with Crippen molar-refractivity contribution in [3.05, 3.63) is 23.8 Å². The highest BCUT2D eigenvalue weighted by atomic mass is 16.5. The molecule has 4 rings (SSSR count). The summed E-state index contributed by atoms with van der Waals surface area (Å²) in [6.07, 6.45) is 3.05. The van der Waals surface area contributed by atoms with Gasteiger partial charge in [-0.3, -0.25) is 4.79 Å². The molecule has 0 spiro atoms. The molecule has 5 nitrogen and oxygen atoms in total. The highest BCUT2D eigenvalue weighted by Gasteiger charge is 2.38. The van der Waals surface area contributed by atoms with E-state index in [9.17, 15) is 4.79 Å². The Kier molecular flexibility index (Phi) is 3.81. The van der Waals surface area contributed by atoms with Gasteiger partial charge in [-0.2, -0.15) is 0 Å². The molecule has 1 aromatic carbocycles. The van der Waals surface area contributed by atoms with E-state index in [2.05, 4.69) is 36.9 Å². The first kappa shape index (κ1) is 15.9. The molecule has 3 aliphatic rings. The van der Waals surface area contributed by atoms with Crippen molar-refractivity contribution in [2.24, 2.45) is 11.7 Å². The maximum atomic E-state index is 12.2. The summed E-state index contributed by atoms with van der Waals surface area (Å²) in [5.41, 5.74) is 9.79. The molecule has 3 aliphatic heterocycles. The number of nitrogens with two attached hydrogens (primary N) is 1. The van der Waals surface area contributed by atoms with Crippen LogP contribution in [0.4, 0.5) is 11.4 Å². The molecule has 1 amide bonds. The minimum Gasteiger partial charge on any atom is -0.371 e. The largest absolute Gasteiger partial charge is 0.371 e. The lowest BCUT2D eigenvalue weighted by Crippen LogP contribution is -2.49. The van der Waals surface area contributed by atoms with Gasteiger partial charge in [-0.25, -0.2) is 0 Å². The minimum atomic E-state index is -0.0386. The Morgan fingerprint density at radius 2 is 1.88 bits per heavy atom. The highest BCUT2D eigenvalue weighted by Crippen LogP contribution is 2.42. The molecule has 0 saturated carbocycles. The van der Waals surface area contributed by atoms with Crippen molar-refractivity contribution in [3.63, 3.8) is 0 Å². The van der Waals surface area contributed by atoms with Crippen LogP contribution < -0.4 is 15.5 Å². The molecule has 1 aromatic rings. The van der Waals surface area contributed by atoms with Gasteiger partial charge in [0.25, 0.3) is 0 Å². The van der Waals surface area contributed by atoms with Crippen LogP contribution in [0.2, 0.25) is 0 Å². The van der Waals surface area contributed by atoms with Crippen LogP contribution in [-0.2, 0) is 9.53 Å². The van der Waals surface area contributed by atoms with Crippen LogP contribution in [-0.4, -0.2) is 37.2 Å². The van der Waals surface area contributed by atoms with Gasteiger partial charge in [0.1, 0.15) is 0 Å². The van der Waals surface area contributed by atoms with Crippen LogP contribution in [0, 0.1) is 5.92 Å². The van der Waals surface area contributed by atoms with Gasteiger partial charge in [0, 0.05) is 43.5 Å². The lowest BCUT2D eigenvalue weighted by Gasteiger charge is -2.43. The molecule has 2 N–H and O–H groups in total. The van der Waals surface area contributed by atoms with E-state index in [1.54, 1.807) is 6.92 Å². The predicted octanol–water partition coefficient (Wildman–Crippen LogP) is 2.45. The van der Waals surface area contributed by atoms with E-state index in [1.807, 2.05) is 4.90 Å². The van der Waals surface area contributed by atoms with Gasteiger partial charge in [-0.1, -0.05) is 6.92 Å². The Bertz CT molecular complexity index is 650. The normalized spacial score (nSPS) is 35.1. The zero-order valence-corrected chi connectivity index (χ0v) is 14.7. The first-order valence-corrected chi connectivity index (χ1v) is 9.05. The molecule has 3 heterocycles. The molecule has 130 valence electrons. The van der Waals surface area contributed by atoms with Gasteiger partial charge in [-0.05, 0) is 49.4 Å². The fourth-order valence-electron chi connectivity index (χ4n) is 4.54. The number of carbonyl (C=O) groups is 1. The third-order valence-corrected chi connectivity index (χ3v) is 6.11. The lowest BCUT2D eigenvalue weighted by atomic mass is 9.83. The number of carbonyl (C=O) groups excluding carboxylic acids is 1. The van der Waals surface area contributed by atoms with Crippen molar-refractivity contribution in [2.45, 2.75) is 57.9 Å². The molecule has 2 saturated heterocycles. The van der Waals surface area contributed by atoms with Crippen LogP contribution in [0.1, 0.15) is 45.2 Å². The number of hydrogen-bond acceptors (Lipinski definition) is 4. The number of fused-ring (bicyclic) bond motifs is 3. The van der Waals surface area contributed by atoms with Gasteiger partial charge in [0.15, 0.2) is 0 Å². The van der Waals surface area contributed by atoms with E-state index in [-0.39, 0.29) is 23.9 Å². The van der Waals surface area contributed by atoms with Crippen LogP contribution in [0.25, 0.3) is 0 Å². The molecule has 0 radical (unpaired) electrons. The van der Waals surface area contributed by atoms with Crippen molar-refractivity contribution in [3.8, 4) is 0 Å². The summed E-state index contributed by atoms with van der Waals surface area (Å²) in [6.45, 7) is 7.76. The lowest BCUT2D eigenvalue weighted by molar-refractivity contribution is -0.117. The molecular weight excluding hydrogens is 302 g/mol. The van der Waals surface area contributed by atoms with E-state index < -0.39 is 0 Å². The van der Waals surface area contributed by atoms with Crippen LogP contribution in [0.3, 0.4) is 0 Å². The number of anilines is 2. The first-order chi connectivity index (χ1) is 11.5. The molecule has 2 fully saturated rings. The number of nitrogens with zero attached hydrogens (tertiary/aromatic N) is 2. The third kappa shape index (κ3) is 2.42. The second kappa shape index (κ2) is 5.74. The second-order valence-corrected chi connectivity index (χ2v) is 7.62. The summed E-state index contributed by atoms with van der Waals surface area (Å²) in [5, 5.41) is 0. The third-order valence-electron chi connectivity index (χ3n) is 6.11. The average Bonchev–Trinajstić information content (AvgIpc) is 2.90. The summed E-state index contributed by atoms with van der Waals surface area (Å²) >= 11 is 0. The Balaban J connectivity index is 1.70. The molecule has 5 heteroatoms. The Labute approximate surface area is 143 Å². The molecule has 0 aromatic heterocycles. The molecule has 24 heavy (non-hydrogen) atoms. The molecule has 5 atom stereocenters. The fraction of sp³-hybridized carbons (Fsp3) is 0.632. The topological polar surface area (TPSA) is 58.8 Å². The van der Waals surface area contributed by atoms with E-state index in [0.29, 0.717) is 12.2 Å². The van der Waals surface area contributed by atoms with Crippen molar-refractivity contribution in [2.75, 3.05) is 22.9 Å². The number of benzene rings is 1. The molecular formula is C19H27N3O2. The average molecular weight is 329 g/mol. The van der Waals surface area contributed by atoms with E-state index in [1.165, 1.54) is 5.69 Å². The predicted molar refractivity (Wildman–Crippen MR) is 95.3 cm³/mol. The Morgan fingerprint density at radius 3 is 2.50 bits per heavy atom. The van der Waals surface area contributed by atoms with Crippen molar-refractivity contribution >= 4 is 17.3 Å². The van der Waals surface area contributed by atoms with Gasteiger partial charge < -0.3 is 20.3 Å². The van der Waals surface area contributed by atoms with Gasteiger partial charge in [0.05, 0.1) is 12.2 Å². The van der Waals surface area contributed by atoms with Gasteiger partial charge in [-0.15, -0.1) is 0 Å². The quantitative estimate of drug-likeness (QED) is 0.860. The van der Waals surface area contributed by atoms with Crippen molar-refractivity contribution in [1.29, 1.82) is 0 Å². The molecule has 0 unspecified atom stereocenters. The van der Waals surface area contributed by atoms with E-state index >= 15 is 0 Å². The molecule has 2 bridgehead atoms. The van der Waals surface area contributed by atoms with Gasteiger partial charge >= 0.3 is 0 Å². The Hall–Kier alpha value is -1.59. The summed E-state index contributed by atoms with van der Waals surface area (Å²) in [5.74, 6) is 0.317. The second-order valence-electron chi connectivity index (χ2n) is 7.62. The number of amides is 1. The minimum absolute atomic E-state index is 0.0386. The Morgan fingerprint density at radius 1 is 1.21 bits per heavy atom. The number of hydrogen-bond donors (Lipinski definition) is 1. The van der Waals surface area contributed by atoms with Crippen LogP contribution in [0.5, 0.6) is 0 Å². The van der Waals surface area contributed by atoms with E-state index in [4.69, 9.17) is 10.5 Å².